The van der Waals surface area contributed by atoms with Crippen LogP contribution in [0.2, 0.25) is 0 Å². The summed E-state index contributed by atoms with van der Waals surface area (Å²) in [7, 11) is 0. The van der Waals surface area contributed by atoms with Gasteiger partial charge in [-0.05, 0) is 31.4 Å². The first-order chi connectivity index (χ1) is 11.6. The molecule has 2 aliphatic rings. The molecular weight excluding hydrogens is 334 g/mol. The number of carbonyl (C=O) groups is 1. The molecule has 3 heterocycles. The maximum Gasteiger partial charge on any atom is 0.246 e. The van der Waals surface area contributed by atoms with Crippen molar-refractivity contribution in [3.63, 3.8) is 0 Å². The lowest BCUT2D eigenvalue weighted by atomic mass is 9.97. The largest absolute Gasteiger partial charge is 0.484 e. The number of nitrogens with zero attached hydrogens (tertiary/aromatic N) is 1. The fraction of sp³-hybridized carbons (Fsp3) is 0.294. The molecule has 2 aliphatic heterocycles. The van der Waals surface area contributed by atoms with Crippen LogP contribution in [0.4, 0.5) is 13.8 Å². The van der Waals surface area contributed by atoms with Crippen LogP contribution in [0.15, 0.2) is 23.2 Å². The van der Waals surface area contributed by atoms with Crippen LogP contribution >= 0.6 is 11.3 Å². The second-order valence-corrected chi connectivity index (χ2v) is 6.67. The Labute approximate surface area is 141 Å². The van der Waals surface area contributed by atoms with Crippen molar-refractivity contribution in [2.24, 2.45) is 4.99 Å². The molecule has 0 unspecified atom stereocenters. The molecule has 0 bridgehead atoms. The van der Waals surface area contributed by atoms with Crippen LogP contribution in [0.5, 0.6) is 5.06 Å². The van der Waals surface area contributed by atoms with Crippen LogP contribution in [0.3, 0.4) is 0 Å². The molecule has 24 heavy (non-hydrogen) atoms. The number of thiophene rings is 1. The van der Waals surface area contributed by atoms with Crippen molar-refractivity contribution < 1.29 is 18.3 Å². The summed E-state index contributed by atoms with van der Waals surface area (Å²) in [6, 6.07) is 3.71. The predicted octanol–water partition coefficient (Wildman–Crippen LogP) is 3.53. The summed E-state index contributed by atoms with van der Waals surface area (Å²) in [5.41, 5.74) is 1.45. The zero-order valence-corrected chi connectivity index (χ0v) is 13.5. The zero-order valence-electron chi connectivity index (χ0n) is 12.7. The van der Waals surface area contributed by atoms with Gasteiger partial charge in [-0.1, -0.05) is 17.4 Å². The molecule has 4 rings (SSSR count). The van der Waals surface area contributed by atoms with Gasteiger partial charge in [0.2, 0.25) is 5.91 Å². The number of rotatable bonds is 1. The number of halogens is 2. The van der Waals surface area contributed by atoms with Crippen LogP contribution in [0.1, 0.15) is 29.5 Å². The van der Waals surface area contributed by atoms with Gasteiger partial charge in [0.15, 0.2) is 5.06 Å². The molecular formula is C17H14F2N2O2S. The minimum absolute atomic E-state index is 0.167. The number of aliphatic imine (C=N–C) groups is 1. The average molecular weight is 348 g/mol. The van der Waals surface area contributed by atoms with Crippen molar-refractivity contribution in [3.8, 4) is 5.06 Å². The third-order valence-electron chi connectivity index (χ3n) is 4.09. The summed E-state index contributed by atoms with van der Waals surface area (Å²) in [5, 5.41) is 4.02. The summed E-state index contributed by atoms with van der Waals surface area (Å²) in [6.45, 7) is 0.432. The molecule has 1 amide bonds. The van der Waals surface area contributed by atoms with Crippen molar-refractivity contribution in [2.45, 2.75) is 19.3 Å². The molecule has 1 aromatic heterocycles. The van der Waals surface area contributed by atoms with Gasteiger partial charge in [0, 0.05) is 11.1 Å². The lowest BCUT2D eigenvalue weighted by Crippen LogP contribution is -2.12. The number of ether oxygens (including phenoxy) is 1. The summed E-state index contributed by atoms with van der Waals surface area (Å²) in [6.07, 6.45) is 2.56. The minimum Gasteiger partial charge on any atom is -0.484 e. The Balaban J connectivity index is 1.96. The number of benzene rings is 1. The maximum absolute atomic E-state index is 14.3. The normalized spacial score (nSPS) is 16.9. The minimum atomic E-state index is -0.691. The van der Waals surface area contributed by atoms with E-state index in [4.69, 9.17) is 4.74 Å². The molecule has 1 aromatic carbocycles. The SMILES string of the molecule is O=C1CN=C(c2c(F)cccc2F)c2c(sc3c2CCCCO3)N1. The standard InChI is InChI=1S/C17H14F2N2O2S/c18-10-5-3-6-11(19)14(10)15-13-9-4-1-2-7-23-17(9)24-16(13)21-12(22)8-20-15/h3,5-6H,1-2,4,7-8H2,(H,21,22). The van der Waals surface area contributed by atoms with E-state index in [1.165, 1.54) is 29.5 Å². The van der Waals surface area contributed by atoms with Gasteiger partial charge in [-0.2, -0.15) is 0 Å². The third-order valence-corrected chi connectivity index (χ3v) is 5.15. The van der Waals surface area contributed by atoms with Crippen LogP contribution < -0.4 is 10.1 Å². The number of nitrogens with one attached hydrogen (secondary N) is 1. The van der Waals surface area contributed by atoms with Gasteiger partial charge in [0.1, 0.15) is 23.2 Å². The van der Waals surface area contributed by atoms with Crippen molar-refractivity contribution in [3.05, 3.63) is 46.5 Å². The van der Waals surface area contributed by atoms with E-state index in [9.17, 15) is 13.6 Å². The Bertz CT molecular complexity index is 840. The van der Waals surface area contributed by atoms with Gasteiger partial charge in [-0.15, -0.1) is 0 Å². The van der Waals surface area contributed by atoms with Crippen molar-refractivity contribution in [1.82, 2.24) is 0 Å². The van der Waals surface area contributed by atoms with E-state index in [1.54, 1.807) is 0 Å². The number of amides is 1. The van der Waals surface area contributed by atoms with Crippen LogP contribution in [-0.2, 0) is 11.2 Å². The van der Waals surface area contributed by atoms with E-state index in [1.807, 2.05) is 0 Å². The Morgan fingerprint density at radius 3 is 2.75 bits per heavy atom. The predicted molar refractivity (Wildman–Crippen MR) is 88.2 cm³/mol. The molecule has 0 fully saturated rings. The van der Waals surface area contributed by atoms with Crippen molar-refractivity contribution in [1.29, 1.82) is 0 Å². The van der Waals surface area contributed by atoms with Gasteiger partial charge < -0.3 is 10.1 Å². The van der Waals surface area contributed by atoms with E-state index >= 15 is 0 Å². The average Bonchev–Trinajstić information content (AvgIpc) is 2.68. The first-order valence-electron chi connectivity index (χ1n) is 7.72. The lowest BCUT2D eigenvalue weighted by Gasteiger charge is -2.10. The fourth-order valence-corrected chi connectivity index (χ4v) is 4.16. The number of carbonyl (C=O) groups excluding carboxylic acids is 1. The van der Waals surface area contributed by atoms with Gasteiger partial charge in [-0.25, -0.2) is 8.78 Å². The van der Waals surface area contributed by atoms with Crippen LogP contribution in [0, 0.1) is 11.6 Å². The van der Waals surface area contributed by atoms with E-state index < -0.39 is 11.6 Å². The van der Waals surface area contributed by atoms with E-state index in [0.717, 1.165) is 24.8 Å². The van der Waals surface area contributed by atoms with Crippen LogP contribution in [-0.4, -0.2) is 24.8 Å². The number of anilines is 1. The van der Waals surface area contributed by atoms with Crippen molar-refractivity contribution >= 4 is 28.0 Å². The molecule has 0 spiro atoms. The molecule has 7 heteroatoms. The Morgan fingerprint density at radius 1 is 1.17 bits per heavy atom. The van der Waals surface area contributed by atoms with E-state index in [2.05, 4.69) is 10.3 Å². The van der Waals surface area contributed by atoms with Gasteiger partial charge >= 0.3 is 0 Å². The highest BCUT2D eigenvalue weighted by atomic mass is 32.1. The first kappa shape index (κ1) is 15.3. The highest BCUT2D eigenvalue weighted by molar-refractivity contribution is 7.18. The van der Waals surface area contributed by atoms with Crippen molar-refractivity contribution in [2.75, 3.05) is 18.5 Å². The molecule has 1 N–H and O–H groups in total. The number of fused-ring (bicyclic) bond motifs is 3. The monoisotopic (exact) mass is 348 g/mol. The summed E-state index contributed by atoms with van der Waals surface area (Å²) in [5.74, 6) is -1.69. The Hall–Kier alpha value is -2.28. The molecule has 0 radical (unpaired) electrons. The van der Waals surface area contributed by atoms with Crippen LogP contribution in [0.25, 0.3) is 0 Å². The topological polar surface area (TPSA) is 50.7 Å². The van der Waals surface area contributed by atoms with Gasteiger partial charge in [-0.3, -0.25) is 9.79 Å². The second kappa shape index (κ2) is 5.98. The molecule has 0 saturated heterocycles. The van der Waals surface area contributed by atoms with E-state index in [-0.39, 0.29) is 23.7 Å². The maximum atomic E-state index is 14.3. The molecule has 0 saturated carbocycles. The molecule has 0 aliphatic carbocycles. The summed E-state index contributed by atoms with van der Waals surface area (Å²) < 4.78 is 34.4. The number of hydrogen-bond acceptors (Lipinski definition) is 4. The highest BCUT2D eigenvalue weighted by Crippen LogP contribution is 2.44. The molecule has 4 nitrogen and oxygen atoms in total. The lowest BCUT2D eigenvalue weighted by molar-refractivity contribution is -0.114. The molecule has 0 atom stereocenters. The Kier molecular flexibility index (Phi) is 3.80. The fourth-order valence-electron chi connectivity index (χ4n) is 3.02. The smallest absolute Gasteiger partial charge is 0.246 e. The van der Waals surface area contributed by atoms with E-state index in [0.29, 0.717) is 22.2 Å². The van der Waals surface area contributed by atoms with Gasteiger partial charge in [0.05, 0.1) is 17.9 Å². The molecule has 2 aromatic rings. The zero-order chi connectivity index (χ0) is 16.7. The van der Waals surface area contributed by atoms with Gasteiger partial charge in [0.25, 0.3) is 0 Å². The number of hydrogen-bond donors (Lipinski definition) is 1. The Morgan fingerprint density at radius 2 is 1.96 bits per heavy atom. The molecule has 124 valence electrons. The summed E-state index contributed by atoms with van der Waals surface area (Å²) >= 11 is 1.30. The third kappa shape index (κ3) is 2.49. The first-order valence-corrected chi connectivity index (χ1v) is 8.54. The highest BCUT2D eigenvalue weighted by Gasteiger charge is 2.30. The second-order valence-electron chi connectivity index (χ2n) is 5.69. The summed E-state index contributed by atoms with van der Waals surface area (Å²) in [4.78, 5) is 16.2. The quantitative estimate of drug-likeness (QED) is 0.857.